The SMILES string of the molecule is CCC(C)CCCCCCCCC(=O)OC[C@H](COP(=O)(O)OC[C@@H](O)COP(=O)(O)OC[C@@H](COC(=O)CCCCCCCCC(C)CC)OC(=O)CCCCCCCCCCCC(C)C)OC(=O)CCCCCCCCCCCCCCCCC(C)C. The minimum Gasteiger partial charge on any atom is -0.462 e. The molecule has 0 aliphatic heterocycles. The molecule has 0 aliphatic carbocycles. The van der Waals surface area contributed by atoms with Crippen molar-refractivity contribution in [2.45, 2.75) is 363 Å². The van der Waals surface area contributed by atoms with Crippen molar-refractivity contribution in [3.8, 4) is 0 Å². The lowest BCUT2D eigenvalue weighted by molar-refractivity contribution is -0.161. The second kappa shape index (κ2) is 59.8. The van der Waals surface area contributed by atoms with Crippen LogP contribution < -0.4 is 0 Å². The molecule has 0 aromatic carbocycles. The molecule has 0 saturated heterocycles. The zero-order chi connectivity index (χ0) is 66.1. The van der Waals surface area contributed by atoms with E-state index in [1.165, 1.54) is 135 Å². The fourth-order valence-electron chi connectivity index (χ4n) is 10.4. The lowest BCUT2D eigenvalue weighted by Gasteiger charge is -2.21. The minimum absolute atomic E-state index is 0.104. The molecule has 0 aromatic heterocycles. The van der Waals surface area contributed by atoms with E-state index in [4.69, 9.17) is 37.0 Å². The Morgan fingerprint density at radius 1 is 0.315 bits per heavy atom. The van der Waals surface area contributed by atoms with E-state index < -0.39 is 97.5 Å². The third kappa shape index (κ3) is 62.0. The van der Waals surface area contributed by atoms with Crippen molar-refractivity contribution in [2.24, 2.45) is 23.7 Å². The molecule has 89 heavy (non-hydrogen) atoms. The molecule has 0 aliphatic rings. The maximum Gasteiger partial charge on any atom is 0.472 e. The van der Waals surface area contributed by atoms with E-state index in [2.05, 4.69) is 55.4 Å². The van der Waals surface area contributed by atoms with E-state index in [9.17, 15) is 43.2 Å². The maximum absolute atomic E-state index is 13.0. The Kier molecular flexibility index (Phi) is 58.5. The predicted octanol–water partition coefficient (Wildman–Crippen LogP) is 19.7. The summed E-state index contributed by atoms with van der Waals surface area (Å²) in [6.07, 6.45) is 41.8. The Hall–Kier alpha value is -1.94. The van der Waals surface area contributed by atoms with Crippen LogP contribution in [0, 0.1) is 23.7 Å². The first-order chi connectivity index (χ1) is 42.7. The number of phosphoric acid groups is 2. The number of hydrogen-bond acceptors (Lipinski definition) is 15. The van der Waals surface area contributed by atoms with Gasteiger partial charge < -0.3 is 33.8 Å². The molecule has 19 heteroatoms. The van der Waals surface area contributed by atoms with Crippen molar-refractivity contribution in [3.63, 3.8) is 0 Å². The summed E-state index contributed by atoms with van der Waals surface area (Å²) in [5.74, 6) is 0.861. The molecule has 528 valence electrons. The van der Waals surface area contributed by atoms with Crippen LogP contribution >= 0.6 is 15.6 Å². The highest BCUT2D eigenvalue weighted by molar-refractivity contribution is 7.47. The Balaban J connectivity index is 5.24. The molecule has 7 atom stereocenters. The third-order valence-corrected chi connectivity index (χ3v) is 18.7. The maximum atomic E-state index is 13.0. The van der Waals surface area contributed by atoms with E-state index in [0.717, 1.165) is 126 Å². The van der Waals surface area contributed by atoms with Crippen LogP contribution in [0.4, 0.5) is 0 Å². The van der Waals surface area contributed by atoms with E-state index in [0.29, 0.717) is 25.7 Å². The highest BCUT2D eigenvalue weighted by atomic mass is 31.2. The van der Waals surface area contributed by atoms with Crippen LogP contribution in [0.5, 0.6) is 0 Å². The topological polar surface area (TPSA) is 237 Å². The van der Waals surface area contributed by atoms with Crippen LogP contribution in [0.1, 0.15) is 344 Å². The van der Waals surface area contributed by atoms with Gasteiger partial charge in [0.25, 0.3) is 0 Å². The molecule has 0 aromatic rings. The van der Waals surface area contributed by atoms with Crippen LogP contribution in [0.25, 0.3) is 0 Å². The largest absolute Gasteiger partial charge is 0.472 e. The number of aliphatic hydroxyl groups excluding tert-OH is 1. The Labute approximate surface area is 543 Å². The lowest BCUT2D eigenvalue weighted by Crippen LogP contribution is -2.30. The summed E-state index contributed by atoms with van der Waals surface area (Å²) in [7, 11) is -9.90. The van der Waals surface area contributed by atoms with E-state index in [1.807, 2.05) is 0 Å². The molecule has 3 N–H and O–H groups in total. The summed E-state index contributed by atoms with van der Waals surface area (Å²) in [5.41, 5.74) is 0. The molecular formula is C70H136O17P2. The van der Waals surface area contributed by atoms with Crippen LogP contribution in [-0.2, 0) is 65.4 Å². The molecule has 17 nitrogen and oxygen atoms in total. The quantitative estimate of drug-likeness (QED) is 0.0222. The van der Waals surface area contributed by atoms with Gasteiger partial charge in [0, 0.05) is 25.7 Å². The third-order valence-electron chi connectivity index (χ3n) is 16.8. The number of aliphatic hydroxyl groups is 1. The number of ether oxygens (including phenoxy) is 4. The summed E-state index contributed by atoms with van der Waals surface area (Å²) in [4.78, 5) is 72.5. The molecule has 0 amide bonds. The van der Waals surface area contributed by atoms with Gasteiger partial charge >= 0.3 is 39.5 Å². The summed E-state index contributed by atoms with van der Waals surface area (Å²) in [5, 5.41) is 10.6. The predicted molar refractivity (Wildman–Crippen MR) is 358 cm³/mol. The van der Waals surface area contributed by atoms with Gasteiger partial charge in [-0.1, -0.05) is 293 Å². The van der Waals surface area contributed by atoms with Crippen molar-refractivity contribution < 1.29 is 80.2 Å². The molecule has 0 bridgehead atoms. The number of phosphoric ester groups is 2. The number of esters is 4. The lowest BCUT2D eigenvalue weighted by atomic mass is 10.00. The Morgan fingerprint density at radius 2 is 0.539 bits per heavy atom. The standard InChI is InChI=1S/C70H136O17P2/c1-9-62(7)48-40-32-26-28-34-42-50-67(72)80-56-65(86-69(74)52-44-36-24-20-16-14-12-11-13-15-18-22-30-38-46-60(3)4)58-84-88(76,77)82-54-64(71)55-83-89(78,79)85-59-66(57-81-68(73)51-43-35-29-27-33-41-49-63(8)10-2)87-70(75)53-45-37-25-21-17-19-23-31-39-47-61(5)6/h60-66,71H,9-59H2,1-8H3,(H,76,77)(H,78,79)/t62?,63?,64-,65-,66-/m1/s1. The van der Waals surface area contributed by atoms with E-state index in [1.54, 1.807) is 0 Å². The normalized spacial score (nSPS) is 14.9. The second-order valence-corrected chi connectivity index (χ2v) is 29.6. The van der Waals surface area contributed by atoms with Gasteiger partial charge in [0.05, 0.1) is 26.4 Å². The van der Waals surface area contributed by atoms with Crippen molar-refractivity contribution in [3.05, 3.63) is 0 Å². The minimum atomic E-state index is -4.95. The van der Waals surface area contributed by atoms with Gasteiger partial charge in [-0.15, -0.1) is 0 Å². The molecule has 0 spiro atoms. The summed E-state index contributed by atoms with van der Waals surface area (Å²) < 4.78 is 68.3. The monoisotopic (exact) mass is 1310 g/mol. The van der Waals surface area contributed by atoms with Crippen molar-refractivity contribution in [1.82, 2.24) is 0 Å². The van der Waals surface area contributed by atoms with Crippen LogP contribution in [0.15, 0.2) is 0 Å². The second-order valence-electron chi connectivity index (χ2n) is 26.7. The number of carbonyl (C=O) groups excluding carboxylic acids is 4. The zero-order valence-corrected chi connectivity index (χ0v) is 59.8. The van der Waals surface area contributed by atoms with Gasteiger partial charge in [0.2, 0.25) is 0 Å². The highest BCUT2D eigenvalue weighted by Gasteiger charge is 2.30. The van der Waals surface area contributed by atoms with Crippen molar-refractivity contribution in [2.75, 3.05) is 39.6 Å². The molecule has 0 saturated carbocycles. The molecule has 0 rings (SSSR count). The summed E-state index contributed by atoms with van der Waals surface area (Å²) in [6, 6.07) is 0. The van der Waals surface area contributed by atoms with E-state index >= 15 is 0 Å². The van der Waals surface area contributed by atoms with Crippen LogP contribution in [0.3, 0.4) is 0 Å². The van der Waals surface area contributed by atoms with Gasteiger partial charge in [0.15, 0.2) is 12.2 Å². The van der Waals surface area contributed by atoms with Gasteiger partial charge in [0.1, 0.15) is 19.3 Å². The number of hydrogen-bond donors (Lipinski definition) is 3. The molecule has 0 fully saturated rings. The number of carbonyl (C=O) groups is 4. The average Bonchev–Trinajstić information content (AvgIpc) is 3.56. The van der Waals surface area contributed by atoms with Crippen molar-refractivity contribution >= 4 is 39.5 Å². The van der Waals surface area contributed by atoms with E-state index in [-0.39, 0.29) is 25.7 Å². The first-order valence-electron chi connectivity index (χ1n) is 36.3. The van der Waals surface area contributed by atoms with Gasteiger partial charge in [-0.25, -0.2) is 9.13 Å². The highest BCUT2D eigenvalue weighted by Crippen LogP contribution is 2.45. The fraction of sp³-hybridized carbons (Fsp3) is 0.943. The summed E-state index contributed by atoms with van der Waals surface area (Å²) >= 11 is 0. The Bertz CT molecular complexity index is 1770. The van der Waals surface area contributed by atoms with Crippen molar-refractivity contribution in [1.29, 1.82) is 0 Å². The Morgan fingerprint density at radius 3 is 0.798 bits per heavy atom. The zero-order valence-electron chi connectivity index (χ0n) is 58.1. The average molecular weight is 1310 g/mol. The first-order valence-corrected chi connectivity index (χ1v) is 39.3. The van der Waals surface area contributed by atoms with Gasteiger partial charge in [-0.2, -0.15) is 0 Å². The molecule has 0 radical (unpaired) electrons. The number of unbranched alkanes of at least 4 members (excludes halogenated alkanes) is 31. The van der Waals surface area contributed by atoms with Gasteiger partial charge in [-0.3, -0.25) is 37.3 Å². The van der Waals surface area contributed by atoms with Gasteiger partial charge in [-0.05, 0) is 49.4 Å². The van der Waals surface area contributed by atoms with Crippen LogP contribution in [0.2, 0.25) is 0 Å². The number of rotatable bonds is 67. The molecule has 0 heterocycles. The molecular weight excluding hydrogens is 1170 g/mol. The molecule has 4 unspecified atom stereocenters. The first kappa shape index (κ1) is 87.1. The smallest absolute Gasteiger partial charge is 0.462 e. The summed E-state index contributed by atoms with van der Waals surface area (Å²) in [6.45, 7) is 14.1. The fourth-order valence-corrected chi connectivity index (χ4v) is 12.0. The van der Waals surface area contributed by atoms with Crippen LogP contribution in [-0.4, -0.2) is 96.7 Å².